The molecule has 2 fully saturated rings. The molecule has 2 saturated heterocycles. The Morgan fingerprint density at radius 2 is 1.64 bits per heavy atom. The Kier molecular flexibility index (Phi) is 8.10. The molecule has 4 rings (SSSR count). The molecule has 2 N–H and O–H groups in total. The van der Waals surface area contributed by atoms with Crippen LogP contribution in [-0.2, 0) is 26.3 Å². The molecule has 9 nitrogen and oxygen atoms in total. The van der Waals surface area contributed by atoms with Crippen LogP contribution in [0.3, 0.4) is 0 Å². The van der Waals surface area contributed by atoms with Crippen molar-refractivity contribution in [1.82, 2.24) is 15.5 Å². The second kappa shape index (κ2) is 11.4. The van der Waals surface area contributed by atoms with Gasteiger partial charge in [0.05, 0.1) is 14.2 Å². The Morgan fingerprint density at radius 1 is 1.03 bits per heavy atom. The van der Waals surface area contributed by atoms with Gasteiger partial charge in [0.25, 0.3) is 5.91 Å². The molecule has 9 heteroatoms. The molecule has 4 amide bonds. The largest absolute Gasteiger partial charge is 0.497 e. The van der Waals surface area contributed by atoms with E-state index in [4.69, 9.17) is 14.2 Å². The number of benzene rings is 2. The summed E-state index contributed by atoms with van der Waals surface area (Å²) in [6.07, 6.45) is 1.79. The van der Waals surface area contributed by atoms with Gasteiger partial charge >= 0.3 is 6.03 Å². The SMILES string of the molecule is COc1ccc(CNC(=O)CC[C@H]2NC(=O)N(CC3(c4ccc(OC)cc4)CCOCC3)C2=O)cc1. The van der Waals surface area contributed by atoms with Crippen molar-refractivity contribution in [3.8, 4) is 11.5 Å². The highest BCUT2D eigenvalue weighted by Crippen LogP contribution is 2.37. The first-order valence-electron chi connectivity index (χ1n) is 12.2. The third kappa shape index (κ3) is 5.79. The number of ether oxygens (including phenoxy) is 3. The van der Waals surface area contributed by atoms with Crippen molar-refractivity contribution >= 4 is 17.8 Å². The minimum atomic E-state index is -0.711. The molecule has 2 heterocycles. The van der Waals surface area contributed by atoms with E-state index in [0.717, 1.165) is 22.6 Å². The van der Waals surface area contributed by atoms with E-state index in [1.54, 1.807) is 14.2 Å². The van der Waals surface area contributed by atoms with Gasteiger partial charge in [-0.05, 0) is 54.7 Å². The summed E-state index contributed by atoms with van der Waals surface area (Å²) in [5.74, 6) is 1.04. The van der Waals surface area contributed by atoms with Crippen LogP contribution in [0.5, 0.6) is 11.5 Å². The lowest BCUT2D eigenvalue weighted by atomic mass is 9.73. The average molecular weight is 496 g/mol. The molecule has 1 atom stereocenters. The van der Waals surface area contributed by atoms with Gasteiger partial charge in [-0.2, -0.15) is 0 Å². The van der Waals surface area contributed by atoms with Crippen molar-refractivity contribution in [2.45, 2.75) is 43.7 Å². The number of amides is 4. The lowest BCUT2D eigenvalue weighted by molar-refractivity contribution is -0.129. The number of urea groups is 1. The number of imide groups is 1. The molecule has 0 spiro atoms. The van der Waals surface area contributed by atoms with Gasteiger partial charge in [0.2, 0.25) is 5.91 Å². The Hall–Kier alpha value is -3.59. The molecule has 2 aliphatic rings. The fourth-order valence-corrected chi connectivity index (χ4v) is 4.78. The van der Waals surface area contributed by atoms with Crippen molar-refractivity contribution in [2.75, 3.05) is 34.0 Å². The number of hydrogen-bond donors (Lipinski definition) is 2. The van der Waals surface area contributed by atoms with Crippen LogP contribution in [-0.4, -0.2) is 62.8 Å². The van der Waals surface area contributed by atoms with E-state index in [2.05, 4.69) is 10.6 Å². The van der Waals surface area contributed by atoms with Crippen molar-refractivity contribution in [1.29, 1.82) is 0 Å². The summed E-state index contributed by atoms with van der Waals surface area (Å²) in [5.41, 5.74) is 1.61. The van der Waals surface area contributed by atoms with E-state index in [0.29, 0.717) is 32.6 Å². The molecule has 2 aliphatic heterocycles. The summed E-state index contributed by atoms with van der Waals surface area (Å²) in [4.78, 5) is 39.6. The molecule has 192 valence electrons. The van der Waals surface area contributed by atoms with Gasteiger partial charge in [0.15, 0.2) is 0 Å². The molecule has 0 aromatic heterocycles. The van der Waals surface area contributed by atoms with Gasteiger partial charge in [-0.25, -0.2) is 4.79 Å². The minimum Gasteiger partial charge on any atom is -0.497 e. The maximum absolute atomic E-state index is 13.2. The molecular weight excluding hydrogens is 462 g/mol. The third-order valence-electron chi connectivity index (χ3n) is 7.03. The third-order valence-corrected chi connectivity index (χ3v) is 7.03. The lowest BCUT2D eigenvalue weighted by Crippen LogP contribution is -2.47. The zero-order valence-corrected chi connectivity index (χ0v) is 20.7. The van der Waals surface area contributed by atoms with Crippen LogP contribution in [0, 0.1) is 0 Å². The first kappa shape index (κ1) is 25.5. The number of rotatable bonds is 10. The Morgan fingerprint density at radius 3 is 2.25 bits per heavy atom. The molecule has 36 heavy (non-hydrogen) atoms. The maximum atomic E-state index is 13.2. The number of carbonyl (C=O) groups excluding carboxylic acids is 3. The lowest BCUT2D eigenvalue weighted by Gasteiger charge is -2.39. The topological polar surface area (TPSA) is 106 Å². The van der Waals surface area contributed by atoms with Gasteiger partial charge in [-0.1, -0.05) is 24.3 Å². The number of carbonyl (C=O) groups is 3. The van der Waals surface area contributed by atoms with E-state index < -0.39 is 12.1 Å². The van der Waals surface area contributed by atoms with Gasteiger partial charge in [0, 0.05) is 38.1 Å². The van der Waals surface area contributed by atoms with E-state index in [1.807, 2.05) is 48.5 Å². The summed E-state index contributed by atoms with van der Waals surface area (Å²) >= 11 is 0. The molecule has 0 unspecified atom stereocenters. The van der Waals surface area contributed by atoms with Gasteiger partial charge in [0.1, 0.15) is 17.5 Å². The number of nitrogens with zero attached hydrogens (tertiary/aromatic N) is 1. The van der Waals surface area contributed by atoms with Crippen molar-refractivity contribution in [3.05, 3.63) is 59.7 Å². The van der Waals surface area contributed by atoms with Crippen molar-refractivity contribution in [3.63, 3.8) is 0 Å². The van der Waals surface area contributed by atoms with E-state index in [9.17, 15) is 14.4 Å². The Bertz CT molecular complexity index is 1060. The fraction of sp³-hybridized carbons (Fsp3) is 0.444. The molecule has 2 aromatic carbocycles. The number of hydrogen-bond acceptors (Lipinski definition) is 6. The van der Waals surface area contributed by atoms with E-state index >= 15 is 0 Å². The van der Waals surface area contributed by atoms with Crippen LogP contribution < -0.4 is 20.1 Å². The van der Waals surface area contributed by atoms with Crippen LogP contribution >= 0.6 is 0 Å². The normalized spacial score (nSPS) is 19.1. The quantitative estimate of drug-likeness (QED) is 0.491. The molecular formula is C27H33N3O6. The van der Waals surface area contributed by atoms with Gasteiger partial charge in [-0.15, -0.1) is 0 Å². The first-order chi connectivity index (χ1) is 17.4. The highest BCUT2D eigenvalue weighted by atomic mass is 16.5. The van der Waals surface area contributed by atoms with Gasteiger partial charge in [-0.3, -0.25) is 14.5 Å². The van der Waals surface area contributed by atoms with Crippen LogP contribution in [0.25, 0.3) is 0 Å². The highest BCUT2D eigenvalue weighted by molar-refractivity contribution is 6.04. The monoisotopic (exact) mass is 495 g/mol. The highest BCUT2D eigenvalue weighted by Gasteiger charge is 2.44. The van der Waals surface area contributed by atoms with Crippen LogP contribution in [0.1, 0.15) is 36.8 Å². The molecule has 0 aliphatic carbocycles. The Labute approximate surface area is 211 Å². The fourth-order valence-electron chi connectivity index (χ4n) is 4.78. The average Bonchev–Trinajstić information content (AvgIpc) is 3.19. The van der Waals surface area contributed by atoms with Gasteiger partial charge < -0.3 is 24.8 Å². The zero-order chi connectivity index (χ0) is 25.5. The summed E-state index contributed by atoms with van der Waals surface area (Å²) in [7, 11) is 3.22. The second-order valence-corrected chi connectivity index (χ2v) is 9.21. The van der Waals surface area contributed by atoms with Crippen LogP contribution in [0.2, 0.25) is 0 Å². The Balaban J connectivity index is 1.34. The summed E-state index contributed by atoms with van der Waals surface area (Å²) in [6, 6.07) is 14.1. The van der Waals surface area contributed by atoms with E-state index in [-0.39, 0.29) is 36.6 Å². The first-order valence-corrected chi connectivity index (χ1v) is 12.2. The van der Waals surface area contributed by atoms with E-state index in [1.165, 1.54) is 4.90 Å². The summed E-state index contributed by atoms with van der Waals surface area (Å²) in [5, 5.41) is 5.62. The van der Waals surface area contributed by atoms with Crippen LogP contribution in [0.4, 0.5) is 4.79 Å². The van der Waals surface area contributed by atoms with Crippen molar-refractivity contribution in [2.24, 2.45) is 0 Å². The summed E-state index contributed by atoms with van der Waals surface area (Å²) < 4.78 is 16.0. The molecule has 0 bridgehead atoms. The molecule has 0 radical (unpaired) electrons. The molecule has 2 aromatic rings. The maximum Gasteiger partial charge on any atom is 0.324 e. The minimum absolute atomic E-state index is 0.137. The van der Waals surface area contributed by atoms with Crippen LogP contribution in [0.15, 0.2) is 48.5 Å². The number of nitrogens with one attached hydrogen (secondary N) is 2. The predicted octanol–water partition coefficient (Wildman–Crippen LogP) is 2.77. The smallest absolute Gasteiger partial charge is 0.324 e. The zero-order valence-electron chi connectivity index (χ0n) is 20.7. The number of methoxy groups -OCH3 is 2. The van der Waals surface area contributed by atoms with Crippen molar-refractivity contribution < 1.29 is 28.6 Å². The standard InChI is InChI=1S/C27H33N3O6/c1-34-21-7-3-19(4-8-21)17-28-24(31)12-11-23-25(32)30(26(33)29-23)18-27(13-15-36-16-14-27)20-5-9-22(35-2)10-6-20/h3-10,23H,11-18H2,1-2H3,(H,28,31)(H,29,33)/t23-/m1/s1. The molecule has 0 saturated carbocycles. The second-order valence-electron chi connectivity index (χ2n) is 9.21. The summed E-state index contributed by atoms with van der Waals surface area (Å²) in [6.45, 7) is 1.78. The predicted molar refractivity (Wildman–Crippen MR) is 133 cm³/mol.